The third-order valence-corrected chi connectivity index (χ3v) is 3.53. The van der Waals surface area contributed by atoms with Crippen molar-refractivity contribution < 1.29 is 4.92 Å². The Balaban J connectivity index is 2.09. The minimum absolute atomic E-state index is 0.103. The molecule has 19 heavy (non-hydrogen) atoms. The van der Waals surface area contributed by atoms with E-state index in [1.165, 1.54) is 12.1 Å². The lowest BCUT2D eigenvalue weighted by atomic mass is 10.1. The maximum atomic E-state index is 10.6. The third-order valence-electron chi connectivity index (χ3n) is 3.53. The van der Waals surface area contributed by atoms with Crippen LogP contribution < -0.4 is 4.90 Å². The molecule has 1 heterocycles. The van der Waals surface area contributed by atoms with E-state index in [-0.39, 0.29) is 11.7 Å². The molecule has 0 spiro atoms. The van der Waals surface area contributed by atoms with Crippen LogP contribution >= 0.6 is 0 Å². The Kier molecular flexibility index (Phi) is 3.97. The zero-order valence-electron chi connectivity index (χ0n) is 10.8. The van der Waals surface area contributed by atoms with Crippen molar-refractivity contribution in [1.29, 1.82) is 5.26 Å². The second kappa shape index (κ2) is 5.67. The van der Waals surface area contributed by atoms with Crippen LogP contribution in [0, 0.1) is 21.4 Å². The van der Waals surface area contributed by atoms with Crippen molar-refractivity contribution >= 4 is 11.4 Å². The van der Waals surface area contributed by atoms with Gasteiger partial charge in [0.2, 0.25) is 0 Å². The molecule has 1 aromatic rings. The summed E-state index contributed by atoms with van der Waals surface area (Å²) in [5.74, 6) is 0. The number of nitriles is 1. The molecular formula is C13H16N4O2. The topological polar surface area (TPSA) is 73.4 Å². The van der Waals surface area contributed by atoms with Crippen LogP contribution in [-0.2, 0) is 0 Å². The number of benzene rings is 1. The molecule has 0 N–H and O–H groups in total. The van der Waals surface area contributed by atoms with Gasteiger partial charge in [0.15, 0.2) is 0 Å². The Morgan fingerprint density at radius 1 is 1.42 bits per heavy atom. The van der Waals surface area contributed by atoms with Crippen molar-refractivity contribution in [2.75, 3.05) is 31.6 Å². The number of nitro benzene ring substituents is 1. The lowest BCUT2D eigenvalue weighted by Crippen LogP contribution is -2.51. The number of non-ortho nitro benzene ring substituents is 1. The average molecular weight is 260 g/mol. The fourth-order valence-corrected chi connectivity index (χ4v) is 2.29. The minimum atomic E-state index is -0.397. The van der Waals surface area contributed by atoms with Gasteiger partial charge in [0, 0.05) is 43.5 Å². The van der Waals surface area contributed by atoms with Gasteiger partial charge < -0.3 is 4.90 Å². The monoisotopic (exact) mass is 260 g/mol. The minimum Gasteiger partial charge on any atom is -0.369 e. The predicted molar refractivity (Wildman–Crippen MR) is 72.0 cm³/mol. The van der Waals surface area contributed by atoms with Crippen LogP contribution in [0.15, 0.2) is 24.3 Å². The first-order chi connectivity index (χ1) is 9.11. The van der Waals surface area contributed by atoms with Gasteiger partial charge in [-0.25, -0.2) is 0 Å². The number of nitrogens with zero attached hydrogens (tertiary/aromatic N) is 4. The lowest BCUT2D eigenvalue weighted by Gasteiger charge is -2.39. The second-order valence-corrected chi connectivity index (χ2v) is 4.72. The van der Waals surface area contributed by atoms with Gasteiger partial charge >= 0.3 is 0 Å². The quantitative estimate of drug-likeness (QED) is 0.610. The number of anilines is 1. The van der Waals surface area contributed by atoms with Crippen molar-refractivity contribution in [1.82, 2.24) is 4.90 Å². The van der Waals surface area contributed by atoms with Crippen LogP contribution in [0.5, 0.6) is 0 Å². The fraction of sp³-hybridized carbons (Fsp3) is 0.462. The average Bonchev–Trinajstić information content (AvgIpc) is 2.41. The van der Waals surface area contributed by atoms with Crippen LogP contribution in [-0.4, -0.2) is 42.5 Å². The highest BCUT2D eigenvalue weighted by atomic mass is 16.6. The molecule has 1 aromatic carbocycles. The fourth-order valence-electron chi connectivity index (χ4n) is 2.29. The van der Waals surface area contributed by atoms with Crippen LogP contribution in [0.1, 0.15) is 6.42 Å². The molecule has 6 heteroatoms. The summed E-state index contributed by atoms with van der Waals surface area (Å²) < 4.78 is 0. The number of hydrogen-bond donors (Lipinski definition) is 0. The summed E-state index contributed by atoms with van der Waals surface area (Å²) in [6.45, 7) is 2.54. The maximum absolute atomic E-state index is 10.6. The number of piperazine rings is 1. The number of hydrogen-bond acceptors (Lipinski definition) is 5. The van der Waals surface area contributed by atoms with Crippen LogP contribution in [0.3, 0.4) is 0 Å². The summed E-state index contributed by atoms with van der Waals surface area (Å²) in [5, 5.41) is 19.4. The van der Waals surface area contributed by atoms with Crippen molar-refractivity contribution in [2.24, 2.45) is 0 Å². The molecule has 1 atom stereocenters. The smallest absolute Gasteiger partial charge is 0.269 e. The van der Waals surface area contributed by atoms with Gasteiger partial charge in [-0.1, -0.05) is 0 Å². The largest absolute Gasteiger partial charge is 0.369 e. The van der Waals surface area contributed by atoms with Crippen molar-refractivity contribution in [3.63, 3.8) is 0 Å². The van der Waals surface area contributed by atoms with E-state index in [0.717, 1.165) is 25.3 Å². The first kappa shape index (κ1) is 13.3. The molecule has 0 amide bonds. The van der Waals surface area contributed by atoms with Crippen molar-refractivity contribution in [2.45, 2.75) is 12.5 Å². The van der Waals surface area contributed by atoms with E-state index < -0.39 is 4.92 Å². The second-order valence-electron chi connectivity index (χ2n) is 4.72. The highest BCUT2D eigenvalue weighted by Gasteiger charge is 2.24. The highest BCUT2D eigenvalue weighted by molar-refractivity contribution is 5.51. The molecule has 6 nitrogen and oxygen atoms in total. The molecule has 2 rings (SSSR count). The van der Waals surface area contributed by atoms with Crippen LogP contribution in [0.2, 0.25) is 0 Å². The van der Waals surface area contributed by atoms with Gasteiger partial charge in [-0.15, -0.1) is 0 Å². The number of nitro groups is 1. The lowest BCUT2D eigenvalue weighted by molar-refractivity contribution is -0.384. The molecule has 1 saturated heterocycles. The Morgan fingerprint density at radius 2 is 2.11 bits per heavy atom. The molecule has 100 valence electrons. The third kappa shape index (κ3) is 3.01. The zero-order valence-corrected chi connectivity index (χ0v) is 10.8. The van der Waals surface area contributed by atoms with Gasteiger partial charge in [-0.05, 0) is 19.2 Å². The molecule has 1 fully saturated rings. The van der Waals surface area contributed by atoms with Crippen LogP contribution in [0.4, 0.5) is 11.4 Å². The predicted octanol–water partition coefficient (Wildman–Crippen LogP) is 1.63. The summed E-state index contributed by atoms with van der Waals surface area (Å²) in [4.78, 5) is 14.6. The van der Waals surface area contributed by atoms with E-state index in [4.69, 9.17) is 5.26 Å². The summed E-state index contributed by atoms with van der Waals surface area (Å²) in [7, 11) is 2.02. The summed E-state index contributed by atoms with van der Waals surface area (Å²) in [5.41, 5.74) is 1.08. The maximum Gasteiger partial charge on any atom is 0.269 e. The van der Waals surface area contributed by atoms with Gasteiger partial charge in [0.05, 0.1) is 17.4 Å². The standard InChI is InChI=1S/C13H16N4O2/c1-15-8-9-16(10-13(15)6-7-14)11-2-4-12(5-3-11)17(18)19/h2-5,13H,6,8-10H2,1H3. The van der Waals surface area contributed by atoms with E-state index in [1.54, 1.807) is 12.1 Å². The molecule has 0 radical (unpaired) electrons. The summed E-state index contributed by atoms with van der Waals surface area (Å²) in [6.07, 6.45) is 0.500. The molecular weight excluding hydrogens is 244 g/mol. The Hall–Kier alpha value is -2.13. The van der Waals surface area contributed by atoms with E-state index in [1.807, 2.05) is 7.05 Å². The molecule has 1 aliphatic rings. The summed E-state index contributed by atoms with van der Waals surface area (Å²) >= 11 is 0. The van der Waals surface area contributed by atoms with Crippen LogP contribution in [0.25, 0.3) is 0 Å². The van der Waals surface area contributed by atoms with Crippen molar-refractivity contribution in [3.8, 4) is 6.07 Å². The number of rotatable bonds is 3. The Labute approximate surface area is 112 Å². The first-order valence-electron chi connectivity index (χ1n) is 6.18. The van der Waals surface area contributed by atoms with Crippen molar-refractivity contribution in [3.05, 3.63) is 34.4 Å². The molecule has 0 bridgehead atoms. The molecule has 1 unspecified atom stereocenters. The number of likely N-dealkylation sites (N-methyl/N-ethyl adjacent to an activating group) is 1. The van der Waals surface area contributed by atoms with Gasteiger partial charge in [0.1, 0.15) is 0 Å². The Morgan fingerprint density at radius 3 is 2.68 bits per heavy atom. The van der Waals surface area contributed by atoms with E-state index in [2.05, 4.69) is 15.9 Å². The molecule has 1 aliphatic heterocycles. The van der Waals surface area contributed by atoms with Gasteiger partial charge in [-0.2, -0.15) is 5.26 Å². The normalized spacial score (nSPS) is 20.0. The molecule has 0 aliphatic carbocycles. The Bertz CT molecular complexity index is 494. The molecule has 0 aromatic heterocycles. The SMILES string of the molecule is CN1CCN(c2ccc([N+](=O)[O-])cc2)CC1CC#N. The zero-order chi connectivity index (χ0) is 13.8. The summed E-state index contributed by atoms with van der Waals surface area (Å²) in [6, 6.07) is 9.01. The van der Waals surface area contributed by atoms with E-state index in [0.29, 0.717) is 6.42 Å². The van der Waals surface area contributed by atoms with E-state index >= 15 is 0 Å². The highest BCUT2D eigenvalue weighted by Crippen LogP contribution is 2.22. The molecule has 0 saturated carbocycles. The van der Waals surface area contributed by atoms with Gasteiger partial charge in [0.25, 0.3) is 5.69 Å². The first-order valence-corrected chi connectivity index (χ1v) is 6.18. The van der Waals surface area contributed by atoms with E-state index in [9.17, 15) is 10.1 Å². The van der Waals surface area contributed by atoms with Gasteiger partial charge in [-0.3, -0.25) is 15.0 Å².